The zero-order valence-corrected chi connectivity index (χ0v) is 16.5. The maximum Gasteiger partial charge on any atom is 0.261 e. The minimum absolute atomic E-state index is 0.0952. The van der Waals surface area contributed by atoms with E-state index in [2.05, 4.69) is 27.2 Å². The number of hydrogen-bond donors (Lipinski definition) is 1. The van der Waals surface area contributed by atoms with Crippen molar-refractivity contribution >= 4 is 37.5 Å². The van der Waals surface area contributed by atoms with Gasteiger partial charge in [0, 0.05) is 28.8 Å². The first-order valence-corrected chi connectivity index (χ1v) is 10.5. The van der Waals surface area contributed by atoms with Gasteiger partial charge in [0.15, 0.2) is 0 Å². The summed E-state index contributed by atoms with van der Waals surface area (Å²) in [6.45, 7) is 5.24. The molecule has 3 rings (SSSR count). The van der Waals surface area contributed by atoms with Crippen LogP contribution in [0.15, 0.2) is 70.1 Å². The third-order valence-electron chi connectivity index (χ3n) is 4.24. The predicted octanol–water partition coefficient (Wildman–Crippen LogP) is 4.04. The zero-order chi connectivity index (χ0) is 18.7. The maximum atomic E-state index is 12.6. The summed E-state index contributed by atoms with van der Waals surface area (Å²) in [6, 6.07) is 12.9. The number of anilines is 1. The normalized spacial score (nSPS) is 15.0. The Kier molecular flexibility index (Phi) is 5.48. The van der Waals surface area contributed by atoms with Crippen LogP contribution in [0.3, 0.4) is 0 Å². The highest BCUT2D eigenvalue weighted by molar-refractivity contribution is 9.10. The molecule has 1 fully saturated rings. The molecule has 1 amide bonds. The van der Waals surface area contributed by atoms with Crippen molar-refractivity contribution in [2.75, 3.05) is 17.8 Å². The van der Waals surface area contributed by atoms with Gasteiger partial charge in [-0.3, -0.25) is 9.52 Å². The van der Waals surface area contributed by atoms with E-state index in [9.17, 15) is 13.2 Å². The van der Waals surface area contributed by atoms with Crippen molar-refractivity contribution in [2.24, 2.45) is 0 Å². The fourth-order valence-electron chi connectivity index (χ4n) is 2.75. The number of sulfonamides is 1. The number of rotatable bonds is 4. The Morgan fingerprint density at radius 3 is 2.38 bits per heavy atom. The molecule has 2 aromatic rings. The molecule has 2 aromatic carbocycles. The van der Waals surface area contributed by atoms with E-state index in [1.807, 2.05) is 0 Å². The van der Waals surface area contributed by atoms with Crippen LogP contribution >= 0.6 is 15.9 Å². The van der Waals surface area contributed by atoms with Gasteiger partial charge in [0.1, 0.15) is 0 Å². The lowest BCUT2D eigenvalue weighted by Gasteiger charge is -2.28. The fraction of sp³-hybridized carbons (Fsp3) is 0.211. The second-order valence-corrected chi connectivity index (χ2v) is 8.78. The Labute approximate surface area is 161 Å². The minimum atomic E-state index is -3.71. The number of piperidine rings is 1. The van der Waals surface area contributed by atoms with E-state index in [0.717, 1.165) is 22.9 Å². The highest BCUT2D eigenvalue weighted by Gasteiger charge is 2.20. The zero-order valence-electron chi connectivity index (χ0n) is 14.1. The number of hydrogen-bond acceptors (Lipinski definition) is 3. The highest BCUT2D eigenvalue weighted by Crippen LogP contribution is 2.21. The minimum Gasteiger partial charge on any atom is -0.338 e. The molecule has 26 heavy (non-hydrogen) atoms. The third-order valence-corrected chi connectivity index (χ3v) is 6.17. The first kappa shape index (κ1) is 18.7. The standard InChI is InChI=1S/C19H19BrN2O3S/c1-14-9-11-22(12-10-14)19(23)15-3-2-4-17(13-15)21-26(24,25)18-7-5-16(20)6-8-18/h2-8,13,21H,1,9-12H2. The van der Waals surface area contributed by atoms with Crippen LogP contribution in [0.2, 0.25) is 0 Å². The van der Waals surface area contributed by atoms with E-state index in [-0.39, 0.29) is 10.8 Å². The molecule has 0 unspecified atom stereocenters. The number of halogens is 1. The molecule has 0 bridgehead atoms. The van der Waals surface area contributed by atoms with Crippen molar-refractivity contribution in [1.82, 2.24) is 4.90 Å². The number of nitrogens with zero attached hydrogens (tertiary/aromatic N) is 1. The Hall–Kier alpha value is -2.12. The highest BCUT2D eigenvalue weighted by atomic mass is 79.9. The molecular formula is C19H19BrN2O3S. The predicted molar refractivity (Wildman–Crippen MR) is 106 cm³/mol. The van der Waals surface area contributed by atoms with E-state index in [0.29, 0.717) is 24.3 Å². The van der Waals surface area contributed by atoms with Gasteiger partial charge in [-0.2, -0.15) is 0 Å². The van der Waals surface area contributed by atoms with Gasteiger partial charge in [0.2, 0.25) is 0 Å². The molecule has 0 spiro atoms. The van der Waals surface area contributed by atoms with Crippen LogP contribution in [-0.2, 0) is 10.0 Å². The molecule has 0 aliphatic carbocycles. The third kappa shape index (κ3) is 4.34. The lowest BCUT2D eigenvalue weighted by Crippen LogP contribution is -2.36. The molecule has 5 nitrogen and oxygen atoms in total. The fourth-order valence-corrected chi connectivity index (χ4v) is 4.07. The van der Waals surface area contributed by atoms with Crippen molar-refractivity contribution < 1.29 is 13.2 Å². The first-order chi connectivity index (χ1) is 12.3. The van der Waals surface area contributed by atoms with Crippen molar-refractivity contribution in [1.29, 1.82) is 0 Å². The van der Waals surface area contributed by atoms with Gasteiger partial charge in [-0.05, 0) is 55.3 Å². The van der Waals surface area contributed by atoms with Gasteiger partial charge in [-0.25, -0.2) is 8.42 Å². The van der Waals surface area contributed by atoms with E-state index < -0.39 is 10.0 Å². The molecule has 0 atom stereocenters. The molecule has 1 aliphatic heterocycles. The van der Waals surface area contributed by atoms with Crippen LogP contribution in [0.1, 0.15) is 23.2 Å². The van der Waals surface area contributed by atoms with Crippen molar-refractivity contribution in [3.8, 4) is 0 Å². The molecular weight excluding hydrogens is 416 g/mol. The second-order valence-electron chi connectivity index (χ2n) is 6.18. The van der Waals surface area contributed by atoms with Gasteiger partial charge in [0.05, 0.1) is 4.90 Å². The maximum absolute atomic E-state index is 12.6. The largest absolute Gasteiger partial charge is 0.338 e. The van der Waals surface area contributed by atoms with E-state index in [1.165, 1.54) is 12.1 Å². The van der Waals surface area contributed by atoms with E-state index in [4.69, 9.17) is 0 Å². The summed E-state index contributed by atoms with van der Waals surface area (Å²) in [5.74, 6) is -0.0952. The van der Waals surface area contributed by atoms with Gasteiger partial charge in [-0.15, -0.1) is 0 Å². The van der Waals surface area contributed by atoms with Crippen LogP contribution in [0.5, 0.6) is 0 Å². The van der Waals surface area contributed by atoms with E-state index >= 15 is 0 Å². The average molecular weight is 435 g/mol. The summed E-state index contributed by atoms with van der Waals surface area (Å²) in [5, 5.41) is 0. The van der Waals surface area contributed by atoms with Gasteiger partial charge < -0.3 is 4.90 Å². The second kappa shape index (κ2) is 7.63. The molecule has 0 aromatic heterocycles. The van der Waals surface area contributed by atoms with Crippen LogP contribution < -0.4 is 4.72 Å². The molecule has 0 saturated carbocycles. The molecule has 1 saturated heterocycles. The monoisotopic (exact) mass is 434 g/mol. The van der Waals surface area contributed by atoms with Crippen LogP contribution in [0, 0.1) is 0 Å². The molecule has 0 radical (unpaired) electrons. The number of carbonyl (C=O) groups excluding carboxylic acids is 1. The molecule has 7 heteroatoms. The Morgan fingerprint density at radius 2 is 1.73 bits per heavy atom. The van der Waals surface area contributed by atoms with Crippen LogP contribution in [0.4, 0.5) is 5.69 Å². The number of nitrogens with one attached hydrogen (secondary N) is 1. The SMILES string of the molecule is C=C1CCN(C(=O)c2cccc(NS(=O)(=O)c3ccc(Br)cc3)c2)CC1. The number of carbonyl (C=O) groups is 1. The van der Waals surface area contributed by atoms with Crippen molar-refractivity contribution in [3.63, 3.8) is 0 Å². The lowest BCUT2D eigenvalue weighted by atomic mass is 10.0. The van der Waals surface area contributed by atoms with Crippen LogP contribution in [0.25, 0.3) is 0 Å². The molecule has 1 N–H and O–H groups in total. The summed E-state index contributed by atoms with van der Waals surface area (Å²) < 4.78 is 28.3. The summed E-state index contributed by atoms with van der Waals surface area (Å²) in [7, 11) is -3.71. The number of benzene rings is 2. The van der Waals surface area contributed by atoms with Gasteiger partial charge in [0.25, 0.3) is 15.9 Å². The Bertz CT molecular complexity index is 930. The van der Waals surface area contributed by atoms with Crippen molar-refractivity contribution in [3.05, 3.63) is 70.7 Å². The average Bonchev–Trinajstić information content (AvgIpc) is 2.62. The van der Waals surface area contributed by atoms with E-state index in [1.54, 1.807) is 41.3 Å². The summed E-state index contributed by atoms with van der Waals surface area (Å²) in [6.07, 6.45) is 1.61. The number of amides is 1. The molecule has 1 heterocycles. The topological polar surface area (TPSA) is 66.5 Å². The Balaban J connectivity index is 1.77. The summed E-state index contributed by atoms with van der Waals surface area (Å²) in [4.78, 5) is 14.6. The number of likely N-dealkylation sites (tertiary alicyclic amines) is 1. The molecule has 136 valence electrons. The smallest absolute Gasteiger partial charge is 0.261 e. The lowest BCUT2D eigenvalue weighted by molar-refractivity contribution is 0.0744. The summed E-state index contributed by atoms with van der Waals surface area (Å²) in [5.41, 5.74) is 1.98. The first-order valence-electron chi connectivity index (χ1n) is 8.19. The Morgan fingerprint density at radius 1 is 1.08 bits per heavy atom. The quantitative estimate of drug-likeness (QED) is 0.738. The van der Waals surface area contributed by atoms with Crippen molar-refractivity contribution in [2.45, 2.75) is 17.7 Å². The van der Waals surface area contributed by atoms with Gasteiger partial charge in [-0.1, -0.05) is 34.1 Å². The summed E-state index contributed by atoms with van der Waals surface area (Å²) >= 11 is 3.28. The van der Waals surface area contributed by atoms with Crippen LogP contribution in [-0.4, -0.2) is 32.3 Å². The van der Waals surface area contributed by atoms with Gasteiger partial charge >= 0.3 is 0 Å². The molecule has 1 aliphatic rings.